The fraction of sp³-hybridized carbons (Fsp3) is 0.552. The molecule has 1 aliphatic heterocycles. The van der Waals surface area contributed by atoms with Gasteiger partial charge in [-0.2, -0.15) is 0 Å². The van der Waals surface area contributed by atoms with Crippen LogP contribution >= 0.6 is 11.6 Å². The fourth-order valence-corrected chi connectivity index (χ4v) is 6.74. The number of aliphatic hydroxyl groups excluding tert-OH is 1. The number of hydrogen-bond donors (Lipinski definition) is 2. The second kappa shape index (κ2) is 12.9. The van der Waals surface area contributed by atoms with Crippen molar-refractivity contribution < 1.29 is 23.1 Å². The third kappa shape index (κ3) is 7.25. The van der Waals surface area contributed by atoms with Crippen molar-refractivity contribution >= 4 is 33.2 Å². The minimum Gasteiger partial charge on any atom is -0.486 e. The molecule has 0 saturated heterocycles. The molecule has 0 unspecified atom stereocenters. The van der Waals surface area contributed by atoms with Crippen LogP contribution in [0.15, 0.2) is 47.4 Å². The van der Waals surface area contributed by atoms with Gasteiger partial charge in [0.2, 0.25) is 0 Å². The Balaban J connectivity index is 1.68. The number of likely N-dealkylation sites (N-methyl/N-ethyl adjacent to an activating group) is 1. The van der Waals surface area contributed by atoms with Crippen molar-refractivity contribution in [2.75, 3.05) is 38.0 Å². The van der Waals surface area contributed by atoms with Gasteiger partial charge in [0.15, 0.2) is 5.75 Å². The zero-order chi connectivity index (χ0) is 28.2. The highest BCUT2D eigenvalue weighted by atomic mass is 35.5. The van der Waals surface area contributed by atoms with E-state index in [-0.39, 0.29) is 46.4 Å². The summed E-state index contributed by atoms with van der Waals surface area (Å²) in [6.45, 7) is 5.69. The maximum atomic E-state index is 13.7. The van der Waals surface area contributed by atoms with Crippen LogP contribution < -0.4 is 9.46 Å². The van der Waals surface area contributed by atoms with E-state index in [9.17, 15) is 18.3 Å². The number of benzene rings is 2. The predicted octanol–water partition coefficient (Wildman–Crippen LogP) is 4.87. The number of nitrogens with zero attached hydrogens (tertiary/aromatic N) is 2. The number of hydrogen-bond acceptors (Lipinski definition) is 6. The van der Waals surface area contributed by atoms with Gasteiger partial charge in [0.05, 0.1) is 28.8 Å². The summed E-state index contributed by atoms with van der Waals surface area (Å²) < 4.78 is 35.7. The first kappa shape index (κ1) is 29.6. The van der Waals surface area contributed by atoms with E-state index in [0.717, 1.165) is 6.54 Å². The van der Waals surface area contributed by atoms with E-state index >= 15 is 0 Å². The topological polar surface area (TPSA) is 99.2 Å². The Bertz CT molecular complexity index is 1230. The summed E-state index contributed by atoms with van der Waals surface area (Å²) in [5, 5.41) is 10.3. The minimum absolute atomic E-state index is 0.0503. The Kier molecular flexibility index (Phi) is 9.80. The number of carbonyl (C=O) groups is 1. The molecule has 8 nitrogen and oxygen atoms in total. The second-order valence-electron chi connectivity index (χ2n) is 11.1. The number of nitrogens with one attached hydrogen (secondary N) is 1. The monoisotopic (exact) mass is 577 g/mol. The van der Waals surface area contributed by atoms with Gasteiger partial charge in [-0.15, -0.1) is 0 Å². The minimum atomic E-state index is -3.97. The lowest BCUT2D eigenvalue weighted by Gasteiger charge is -2.39. The van der Waals surface area contributed by atoms with Crippen LogP contribution in [0.4, 0.5) is 5.69 Å². The molecule has 1 heterocycles. The van der Waals surface area contributed by atoms with Gasteiger partial charge in [0, 0.05) is 30.6 Å². The molecule has 1 aliphatic carbocycles. The van der Waals surface area contributed by atoms with E-state index in [0.29, 0.717) is 24.0 Å². The molecule has 1 fully saturated rings. The van der Waals surface area contributed by atoms with E-state index < -0.39 is 16.1 Å². The molecule has 0 spiro atoms. The Hall–Kier alpha value is -2.33. The van der Waals surface area contributed by atoms with E-state index in [2.05, 4.69) is 16.7 Å². The molecule has 10 heteroatoms. The molecule has 2 aliphatic rings. The second-order valence-corrected chi connectivity index (χ2v) is 13.2. The van der Waals surface area contributed by atoms with Gasteiger partial charge in [-0.05, 0) is 69.1 Å². The van der Waals surface area contributed by atoms with Crippen molar-refractivity contribution in [1.82, 2.24) is 9.80 Å². The van der Waals surface area contributed by atoms with Crippen LogP contribution in [0.2, 0.25) is 5.02 Å². The number of anilines is 1. The van der Waals surface area contributed by atoms with Crippen molar-refractivity contribution in [2.45, 2.75) is 63.0 Å². The Morgan fingerprint density at radius 3 is 2.49 bits per heavy atom. The third-order valence-electron chi connectivity index (χ3n) is 7.85. The van der Waals surface area contributed by atoms with Crippen LogP contribution in [0, 0.1) is 11.8 Å². The molecule has 2 aromatic carbocycles. The largest absolute Gasteiger partial charge is 0.486 e. The van der Waals surface area contributed by atoms with Crippen LogP contribution in [-0.2, 0) is 10.0 Å². The molecule has 3 atom stereocenters. The van der Waals surface area contributed by atoms with Crippen molar-refractivity contribution in [2.24, 2.45) is 11.8 Å². The maximum absolute atomic E-state index is 13.7. The lowest BCUT2D eigenvalue weighted by molar-refractivity contribution is 0.0333. The van der Waals surface area contributed by atoms with E-state index in [4.69, 9.17) is 16.3 Å². The van der Waals surface area contributed by atoms with Crippen LogP contribution in [0.25, 0.3) is 0 Å². The summed E-state index contributed by atoms with van der Waals surface area (Å²) in [6.07, 6.45) is 6.02. The number of para-hydroxylation sites is 1. The number of fused-ring (bicyclic) bond motifs is 1. The molecular weight excluding hydrogens is 538 g/mol. The van der Waals surface area contributed by atoms with E-state index in [1.54, 1.807) is 23.1 Å². The summed E-state index contributed by atoms with van der Waals surface area (Å²) in [5.41, 5.74) is 0.458. The van der Waals surface area contributed by atoms with Gasteiger partial charge in [-0.3, -0.25) is 9.52 Å². The van der Waals surface area contributed by atoms with Crippen LogP contribution in [-0.4, -0.2) is 74.7 Å². The highest BCUT2D eigenvalue weighted by Crippen LogP contribution is 2.36. The molecule has 39 heavy (non-hydrogen) atoms. The smallest absolute Gasteiger partial charge is 0.262 e. The lowest BCUT2D eigenvalue weighted by atomic mass is 9.89. The van der Waals surface area contributed by atoms with Gasteiger partial charge >= 0.3 is 0 Å². The number of ether oxygens (including phenoxy) is 1. The maximum Gasteiger partial charge on any atom is 0.262 e. The van der Waals surface area contributed by atoms with E-state index in [1.807, 2.05) is 13.8 Å². The fourth-order valence-electron chi connectivity index (χ4n) is 5.55. The summed E-state index contributed by atoms with van der Waals surface area (Å²) >= 11 is 5.95. The van der Waals surface area contributed by atoms with Crippen LogP contribution in [0.5, 0.6) is 5.75 Å². The van der Waals surface area contributed by atoms with Crippen molar-refractivity contribution in [3.8, 4) is 5.75 Å². The lowest BCUT2D eigenvalue weighted by Crippen LogP contribution is -2.50. The number of halogens is 1. The Morgan fingerprint density at radius 1 is 1.13 bits per heavy atom. The zero-order valence-electron chi connectivity index (χ0n) is 23.0. The number of sulfonamides is 1. The van der Waals surface area contributed by atoms with Gasteiger partial charge in [-0.25, -0.2) is 8.42 Å². The van der Waals surface area contributed by atoms with Gasteiger partial charge in [-0.1, -0.05) is 43.9 Å². The van der Waals surface area contributed by atoms with Gasteiger partial charge in [0.1, 0.15) is 6.10 Å². The zero-order valence-corrected chi connectivity index (χ0v) is 24.5. The number of rotatable bonds is 9. The molecule has 0 aromatic heterocycles. The summed E-state index contributed by atoms with van der Waals surface area (Å²) in [6, 6.07) is 10.4. The Morgan fingerprint density at radius 2 is 1.82 bits per heavy atom. The molecule has 214 valence electrons. The molecule has 2 aromatic rings. The first-order valence-electron chi connectivity index (χ1n) is 13.8. The first-order valence-corrected chi connectivity index (χ1v) is 15.6. The summed E-state index contributed by atoms with van der Waals surface area (Å²) in [7, 11) is -1.88. The number of aliphatic hydroxyl groups is 1. The SMILES string of the molecule is C[C@@H]1CN([C@H](C)CO)C(=O)c2cccc(NS(=O)(=O)c3ccc(Cl)cc3)c2O[C@H]1CN(C)CC1CCCCC1. The summed E-state index contributed by atoms with van der Waals surface area (Å²) in [5.74, 6) is 0.498. The number of amides is 1. The standard InChI is InChI=1S/C29H40ClN3O5S/c1-20-16-33(21(2)19-34)29(35)25-10-7-11-26(31-39(36,37)24-14-12-23(30)13-15-24)28(25)38-27(20)18-32(3)17-22-8-5-4-6-9-22/h7,10-15,20-22,27,31,34H,4-6,8-9,16-19H2,1-3H3/t20-,21-,27+/m1/s1. The van der Waals surface area contributed by atoms with Crippen LogP contribution in [0.1, 0.15) is 56.3 Å². The van der Waals surface area contributed by atoms with E-state index in [1.165, 1.54) is 56.4 Å². The average Bonchev–Trinajstić information content (AvgIpc) is 2.91. The molecule has 1 amide bonds. The highest BCUT2D eigenvalue weighted by Gasteiger charge is 2.35. The quantitative estimate of drug-likeness (QED) is 0.441. The van der Waals surface area contributed by atoms with Crippen molar-refractivity contribution in [3.63, 3.8) is 0 Å². The van der Waals surface area contributed by atoms with Crippen molar-refractivity contribution in [3.05, 3.63) is 53.1 Å². The number of carbonyl (C=O) groups excluding carboxylic acids is 1. The average molecular weight is 578 g/mol. The molecule has 0 bridgehead atoms. The molecule has 1 saturated carbocycles. The third-order valence-corrected chi connectivity index (χ3v) is 9.48. The van der Waals surface area contributed by atoms with Crippen molar-refractivity contribution in [1.29, 1.82) is 0 Å². The Labute approximate surface area is 237 Å². The molecule has 2 N–H and O–H groups in total. The first-order chi connectivity index (χ1) is 18.6. The highest BCUT2D eigenvalue weighted by molar-refractivity contribution is 7.92. The molecule has 0 radical (unpaired) electrons. The molecular formula is C29H40ClN3O5S. The normalized spacial score (nSPS) is 21.6. The summed E-state index contributed by atoms with van der Waals surface area (Å²) in [4.78, 5) is 17.7. The van der Waals surface area contributed by atoms with Gasteiger partial charge < -0.3 is 19.6 Å². The van der Waals surface area contributed by atoms with Gasteiger partial charge in [0.25, 0.3) is 15.9 Å². The predicted molar refractivity (Wildman–Crippen MR) is 154 cm³/mol. The van der Waals surface area contributed by atoms with Crippen LogP contribution in [0.3, 0.4) is 0 Å². The molecule has 4 rings (SSSR count).